The predicted octanol–water partition coefficient (Wildman–Crippen LogP) is 2.99. The van der Waals surface area contributed by atoms with Crippen molar-refractivity contribution in [3.8, 4) is 0 Å². The lowest BCUT2D eigenvalue weighted by atomic mass is 10.00. The molecule has 0 bridgehead atoms. The van der Waals surface area contributed by atoms with Crippen LogP contribution in [0.2, 0.25) is 0 Å². The summed E-state index contributed by atoms with van der Waals surface area (Å²) in [6.07, 6.45) is 0.928. The van der Waals surface area contributed by atoms with E-state index in [1.54, 1.807) is 0 Å². The molecule has 1 aliphatic carbocycles. The lowest BCUT2D eigenvalue weighted by Gasteiger charge is -2.12. The molecule has 1 aromatic rings. The zero-order chi connectivity index (χ0) is 10.3. The average molecular weight is 190 g/mol. The minimum Gasteiger partial charge on any atom is -0.388 e. The van der Waals surface area contributed by atoms with Crippen molar-refractivity contribution in [2.45, 2.75) is 33.3 Å². The third-order valence-corrected chi connectivity index (χ3v) is 3.16. The molecule has 14 heavy (non-hydrogen) atoms. The fourth-order valence-electron chi connectivity index (χ4n) is 2.22. The first-order valence-corrected chi connectivity index (χ1v) is 5.34. The van der Waals surface area contributed by atoms with Crippen molar-refractivity contribution in [3.05, 3.63) is 34.9 Å². The molecule has 1 aliphatic rings. The van der Waals surface area contributed by atoms with Crippen LogP contribution >= 0.6 is 0 Å². The van der Waals surface area contributed by atoms with Gasteiger partial charge in [-0.1, -0.05) is 36.2 Å². The molecule has 0 aromatic heterocycles. The van der Waals surface area contributed by atoms with Crippen LogP contribution in [0.25, 0.3) is 0 Å². The topological polar surface area (TPSA) is 20.2 Å². The number of aliphatic hydroxyl groups excluding tert-OH is 1. The van der Waals surface area contributed by atoms with Gasteiger partial charge in [0.05, 0.1) is 6.10 Å². The van der Waals surface area contributed by atoms with Crippen molar-refractivity contribution in [1.29, 1.82) is 0 Å². The lowest BCUT2D eigenvalue weighted by molar-refractivity contribution is 0.148. The number of aryl methyl sites for hydroxylation is 2. The molecule has 1 N–H and O–H groups in total. The van der Waals surface area contributed by atoms with Crippen LogP contribution < -0.4 is 0 Å². The number of rotatable bonds is 2. The van der Waals surface area contributed by atoms with E-state index < -0.39 is 0 Å². The summed E-state index contributed by atoms with van der Waals surface area (Å²) >= 11 is 0. The number of benzene rings is 1. The SMILES string of the molecule is Cc1cc(C)cc(C(O)C2CC2C)c1. The van der Waals surface area contributed by atoms with Gasteiger partial charge >= 0.3 is 0 Å². The van der Waals surface area contributed by atoms with E-state index in [1.807, 2.05) is 0 Å². The Bertz CT molecular complexity index is 323. The fourth-order valence-corrected chi connectivity index (χ4v) is 2.22. The van der Waals surface area contributed by atoms with Crippen molar-refractivity contribution in [3.63, 3.8) is 0 Å². The summed E-state index contributed by atoms with van der Waals surface area (Å²) in [4.78, 5) is 0. The minimum atomic E-state index is -0.247. The third-order valence-electron chi connectivity index (χ3n) is 3.16. The van der Waals surface area contributed by atoms with E-state index in [2.05, 4.69) is 39.0 Å². The molecule has 0 radical (unpaired) electrons. The molecule has 0 amide bonds. The van der Waals surface area contributed by atoms with E-state index >= 15 is 0 Å². The molecule has 0 aliphatic heterocycles. The third kappa shape index (κ3) is 1.83. The average Bonchev–Trinajstić information content (AvgIpc) is 2.79. The van der Waals surface area contributed by atoms with Gasteiger partial charge < -0.3 is 5.11 Å². The summed E-state index contributed by atoms with van der Waals surface area (Å²) in [7, 11) is 0. The highest BCUT2D eigenvalue weighted by Gasteiger charge is 2.39. The van der Waals surface area contributed by atoms with Gasteiger partial charge in [-0.2, -0.15) is 0 Å². The van der Waals surface area contributed by atoms with Gasteiger partial charge in [-0.3, -0.25) is 0 Å². The Balaban J connectivity index is 2.23. The van der Waals surface area contributed by atoms with Crippen molar-refractivity contribution >= 4 is 0 Å². The largest absolute Gasteiger partial charge is 0.388 e. The molecule has 3 unspecified atom stereocenters. The van der Waals surface area contributed by atoms with Crippen LogP contribution in [0.5, 0.6) is 0 Å². The minimum absolute atomic E-state index is 0.247. The summed E-state index contributed by atoms with van der Waals surface area (Å²) < 4.78 is 0. The monoisotopic (exact) mass is 190 g/mol. The van der Waals surface area contributed by atoms with Crippen molar-refractivity contribution in [2.24, 2.45) is 11.8 Å². The Morgan fingerprint density at radius 3 is 2.14 bits per heavy atom. The molecule has 3 atom stereocenters. The van der Waals surface area contributed by atoms with Crippen LogP contribution in [-0.4, -0.2) is 5.11 Å². The highest BCUT2D eigenvalue weighted by atomic mass is 16.3. The zero-order valence-corrected chi connectivity index (χ0v) is 9.12. The maximum Gasteiger partial charge on any atom is 0.0821 e. The molecule has 2 rings (SSSR count). The van der Waals surface area contributed by atoms with Crippen LogP contribution in [-0.2, 0) is 0 Å². The van der Waals surface area contributed by atoms with Gasteiger partial charge in [0, 0.05) is 0 Å². The van der Waals surface area contributed by atoms with Gasteiger partial charge in [0.15, 0.2) is 0 Å². The first-order valence-electron chi connectivity index (χ1n) is 5.34. The molecule has 0 heterocycles. The molecule has 76 valence electrons. The summed E-state index contributed by atoms with van der Waals surface area (Å²) in [5.41, 5.74) is 3.58. The Hall–Kier alpha value is -0.820. The van der Waals surface area contributed by atoms with Gasteiger partial charge in [0.25, 0.3) is 0 Å². The van der Waals surface area contributed by atoms with E-state index in [0.717, 1.165) is 5.56 Å². The Morgan fingerprint density at radius 2 is 1.71 bits per heavy atom. The smallest absolute Gasteiger partial charge is 0.0821 e. The molecule has 0 spiro atoms. The highest BCUT2D eigenvalue weighted by Crippen LogP contribution is 2.46. The van der Waals surface area contributed by atoms with E-state index in [-0.39, 0.29) is 6.10 Å². The maximum atomic E-state index is 10.1. The second-order valence-corrected chi connectivity index (χ2v) is 4.74. The molecule has 1 saturated carbocycles. The van der Waals surface area contributed by atoms with Gasteiger partial charge in [-0.25, -0.2) is 0 Å². The maximum absolute atomic E-state index is 10.1. The van der Waals surface area contributed by atoms with Gasteiger partial charge in [-0.15, -0.1) is 0 Å². The Labute approximate surface area is 85.8 Å². The van der Waals surface area contributed by atoms with Crippen molar-refractivity contribution in [2.75, 3.05) is 0 Å². The molecular weight excluding hydrogens is 172 g/mol. The number of hydrogen-bond acceptors (Lipinski definition) is 1. The molecule has 1 heteroatoms. The first kappa shape index (κ1) is 9.72. The summed E-state index contributed by atoms with van der Waals surface area (Å²) in [6, 6.07) is 6.35. The quantitative estimate of drug-likeness (QED) is 0.760. The van der Waals surface area contributed by atoms with Gasteiger partial charge in [-0.05, 0) is 37.7 Å². The Kier molecular flexibility index (Phi) is 2.36. The van der Waals surface area contributed by atoms with Crippen LogP contribution in [0.15, 0.2) is 18.2 Å². The summed E-state index contributed by atoms with van der Waals surface area (Å²) in [5.74, 6) is 1.20. The standard InChI is InChI=1S/C13H18O/c1-8-4-9(2)6-11(5-8)13(14)12-7-10(12)3/h4-6,10,12-14H,7H2,1-3H3. The molecule has 1 aromatic carbocycles. The molecular formula is C13H18O. The lowest BCUT2D eigenvalue weighted by Crippen LogP contribution is -2.01. The van der Waals surface area contributed by atoms with Gasteiger partial charge in [0.1, 0.15) is 0 Å². The van der Waals surface area contributed by atoms with E-state index in [9.17, 15) is 5.11 Å². The fraction of sp³-hybridized carbons (Fsp3) is 0.538. The molecule has 1 nitrogen and oxygen atoms in total. The van der Waals surface area contributed by atoms with E-state index in [0.29, 0.717) is 11.8 Å². The highest BCUT2D eigenvalue weighted by molar-refractivity contribution is 5.30. The molecule has 0 saturated heterocycles. The van der Waals surface area contributed by atoms with Crippen LogP contribution in [0.3, 0.4) is 0 Å². The van der Waals surface area contributed by atoms with Crippen LogP contribution in [0.4, 0.5) is 0 Å². The predicted molar refractivity (Wildman–Crippen MR) is 58.1 cm³/mol. The normalized spacial score (nSPS) is 27.4. The van der Waals surface area contributed by atoms with Crippen molar-refractivity contribution in [1.82, 2.24) is 0 Å². The number of hydrogen-bond donors (Lipinski definition) is 1. The van der Waals surface area contributed by atoms with Crippen LogP contribution in [0, 0.1) is 25.7 Å². The van der Waals surface area contributed by atoms with Gasteiger partial charge in [0.2, 0.25) is 0 Å². The number of aliphatic hydroxyl groups is 1. The van der Waals surface area contributed by atoms with Crippen LogP contribution in [0.1, 0.15) is 36.1 Å². The molecule has 1 fully saturated rings. The zero-order valence-electron chi connectivity index (χ0n) is 9.12. The van der Waals surface area contributed by atoms with E-state index in [4.69, 9.17) is 0 Å². The Morgan fingerprint density at radius 1 is 1.21 bits per heavy atom. The second kappa shape index (κ2) is 3.39. The summed E-state index contributed by atoms with van der Waals surface area (Å²) in [5, 5.41) is 10.1. The first-order chi connectivity index (χ1) is 6.58. The van der Waals surface area contributed by atoms with E-state index in [1.165, 1.54) is 17.5 Å². The van der Waals surface area contributed by atoms with Crippen molar-refractivity contribution < 1.29 is 5.11 Å². The second-order valence-electron chi connectivity index (χ2n) is 4.74. The summed E-state index contributed by atoms with van der Waals surface area (Å²) in [6.45, 7) is 6.37.